The molecule has 0 aliphatic carbocycles. The maximum Gasteiger partial charge on any atom is 0.147 e. The van der Waals surface area contributed by atoms with Crippen LogP contribution in [0, 0.1) is 6.20 Å². The molecule has 1 N–H and O–H groups in total. The van der Waals surface area contributed by atoms with Gasteiger partial charge >= 0.3 is 0 Å². The second-order valence-electron chi connectivity index (χ2n) is 1.11. The lowest BCUT2D eigenvalue weighted by molar-refractivity contribution is 0.468. The molecule has 0 bridgehead atoms. The minimum Gasteiger partial charge on any atom is -0.339 e. The number of aromatic amines is 1. The molecule has 0 saturated carbocycles. The molecule has 0 fully saturated rings. The molecule has 0 aromatic carbocycles. The van der Waals surface area contributed by atoms with Crippen LogP contribution in [0.5, 0.6) is 0 Å². The molecule has 2 nitrogen and oxygen atoms in total. The average molecular weight is 99.1 g/mol. The third kappa shape index (κ3) is 0.765. The van der Waals surface area contributed by atoms with Crippen molar-refractivity contribution >= 4 is 0 Å². The Kier molecular flexibility index (Phi) is 1.06. The topological polar surface area (TPSA) is 28.7 Å². The second-order valence-corrected chi connectivity index (χ2v) is 1.11. The molecule has 3 heteroatoms. The van der Waals surface area contributed by atoms with Gasteiger partial charge in [0.2, 0.25) is 0 Å². The smallest absolute Gasteiger partial charge is 0.147 e. The van der Waals surface area contributed by atoms with Gasteiger partial charge in [0.15, 0.2) is 0 Å². The summed E-state index contributed by atoms with van der Waals surface area (Å²) in [5, 5.41) is 0. The van der Waals surface area contributed by atoms with Crippen molar-refractivity contribution in [1.82, 2.24) is 9.97 Å². The molecule has 1 aromatic rings. The van der Waals surface area contributed by atoms with Gasteiger partial charge in [0.25, 0.3) is 0 Å². The number of aromatic nitrogens is 2. The number of halogens is 1. The molecule has 1 aromatic heterocycles. The highest BCUT2D eigenvalue weighted by atomic mass is 19.1. The molecule has 37 valence electrons. The SMILES string of the molecule is FCc1nc[c][nH]1. The summed E-state index contributed by atoms with van der Waals surface area (Å²) in [5.41, 5.74) is 0. The average Bonchev–Trinajstić information content (AvgIpc) is 2.14. The number of H-pyrrole nitrogens is 1. The van der Waals surface area contributed by atoms with Crippen molar-refractivity contribution in [3.8, 4) is 0 Å². The van der Waals surface area contributed by atoms with E-state index in [1.807, 2.05) is 0 Å². The van der Waals surface area contributed by atoms with E-state index in [1.54, 1.807) is 0 Å². The largest absolute Gasteiger partial charge is 0.339 e. The van der Waals surface area contributed by atoms with Crippen molar-refractivity contribution in [2.75, 3.05) is 0 Å². The number of hydrogen-bond donors (Lipinski definition) is 1. The van der Waals surface area contributed by atoms with Crippen molar-refractivity contribution < 1.29 is 4.39 Å². The summed E-state index contributed by atoms with van der Waals surface area (Å²) in [6.45, 7) is -0.538. The summed E-state index contributed by atoms with van der Waals surface area (Å²) >= 11 is 0. The molecule has 0 aliphatic rings. The summed E-state index contributed by atoms with van der Waals surface area (Å²) in [7, 11) is 0. The second kappa shape index (κ2) is 1.73. The Bertz CT molecular complexity index is 124. The van der Waals surface area contributed by atoms with Crippen LogP contribution in [0.1, 0.15) is 5.82 Å². The summed E-state index contributed by atoms with van der Waals surface area (Å²) in [4.78, 5) is 6.02. The maximum absolute atomic E-state index is 11.4. The first-order chi connectivity index (χ1) is 3.43. The number of hydrogen-bond acceptors (Lipinski definition) is 1. The van der Waals surface area contributed by atoms with Gasteiger partial charge in [-0.2, -0.15) is 0 Å². The molecule has 0 amide bonds. The zero-order chi connectivity index (χ0) is 5.11. The van der Waals surface area contributed by atoms with Gasteiger partial charge in [-0.1, -0.05) is 0 Å². The first kappa shape index (κ1) is 4.30. The van der Waals surface area contributed by atoms with E-state index in [-0.39, 0.29) is 0 Å². The third-order valence-electron chi connectivity index (χ3n) is 0.628. The van der Waals surface area contributed by atoms with Crippen LogP contribution in [0.2, 0.25) is 0 Å². The maximum atomic E-state index is 11.4. The van der Waals surface area contributed by atoms with Gasteiger partial charge in [-0.05, 0) is 0 Å². The molecule has 0 unspecified atom stereocenters. The van der Waals surface area contributed by atoms with E-state index in [2.05, 4.69) is 16.2 Å². The first-order valence-corrected chi connectivity index (χ1v) is 1.89. The van der Waals surface area contributed by atoms with Crippen molar-refractivity contribution in [1.29, 1.82) is 0 Å². The molecule has 1 heterocycles. The quantitative estimate of drug-likeness (QED) is 0.551. The van der Waals surface area contributed by atoms with Gasteiger partial charge in [-0.3, -0.25) is 0 Å². The van der Waals surface area contributed by atoms with Gasteiger partial charge < -0.3 is 4.98 Å². The van der Waals surface area contributed by atoms with Gasteiger partial charge in [0.1, 0.15) is 12.5 Å². The molecule has 0 atom stereocenters. The summed E-state index contributed by atoms with van der Waals surface area (Å²) in [6, 6.07) is 0. The summed E-state index contributed by atoms with van der Waals surface area (Å²) in [6.07, 6.45) is 3.90. The predicted molar refractivity (Wildman–Crippen MR) is 22.2 cm³/mol. The Morgan fingerprint density at radius 2 is 2.86 bits per heavy atom. The number of nitrogens with one attached hydrogen (secondary N) is 1. The number of alkyl halides is 1. The van der Waals surface area contributed by atoms with Gasteiger partial charge in [-0.25, -0.2) is 9.37 Å². The normalized spacial score (nSPS) is 9.29. The van der Waals surface area contributed by atoms with E-state index < -0.39 is 6.67 Å². The number of nitrogens with zero attached hydrogens (tertiary/aromatic N) is 1. The highest BCUT2D eigenvalue weighted by Crippen LogP contribution is 1.87. The van der Waals surface area contributed by atoms with E-state index >= 15 is 0 Å². The molecule has 0 aliphatic heterocycles. The van der Waals surface area contributed by atoms with Crippen LogP contribution in [0.3, 0.4) is 0 Å². The van der Waals surface area contributed by atoms with Crippen molar-refractivity contribution in [2.24, 2.45) is 0 Å². The number of imidazole rings is 1. The van der Waals surface area contributed by atoms with Gasteiger partial charge in [0.05, 0.1) is 12.4 Å². The van der Waals surface area contributed by atoms with E-state index in [4.69, 9.17) is 0 Å². The van der Waals surface area contributed by atoms with Gasteiger partial charge in [-0.15, -0.1) is 0 Å². The van der Waals surface area contributed by atoms with Crippen LogP contribution in [-0.2, 0) is 6.67 Å². The Morgan fingerprint density at radius 1 is 2.00 bits per heavy atom. The Hall–Kier alpha value is -0.860. The van der Waals surface area contributed by atoms with E-state index in [0.717, 1.165) is 0 Å². The van der Waals surface area contributed by atoms with Crippen LogP contribution < -0.4 is 0 Å². The van der Waals surface area contributed by atoms with E-state index in [9.17, 15) is 4.39 Å². The third-order valence-corrected chi connectivity index (χ3v) is 0.628. The highest BCUT2D eigenvalue weighted by molar-refractivity contribution is 4.81. The highest BCUT2D eigenvalue weighted by Gasteiger charge is 1.86. The van der Waals surface area contributed by atoms with Crippen molar-refractivity contribution in [2.45, 2.75) is 6.67 Å². The van der Waals surface area contributed by atoms with Gasteiger partial charge in [0, 0.05) is 0 Å². The monoisotopic (exact) mass is 99.0 g/mol. The molecular weight excluding hydrogens is 95.1 g/mol. The van der Waals surface area contributed by atoms with Crippen LogP contribution in [0.25, 0.3) is 0 Å². The van der Waals surface area contributed by atoms with Crippen LogP contribution in [0.15, 0.2) is 6.20 Å². The zero-order valence-electron chi connectivity index (χ0n) is 3.61. The summed E-state index contributed by atoms with van der Waals surface area (Å²) < 4.78 is 11.4. The minimum absolute atomic E-state index is 0.333. The van der Waals surface area contributed by atoms with Crippen LogP contribution in [-0.4, -0.2) is 9.97 Å². The summed E-state index contributed by atoms with van der Waals surface area (Å²) in [5.74, 6) is 0.333. The zero-order valence-corrected chi connectivity index (χ0v) is 3.61. The molecule has 1 radical (unpaired) electrons. The van der Waals surface area contributed by atoms with Crippen LogP contribution >= 0.6 is 0 Å². The lowest BCUT2D eigenvalue weighted by atomic mass is 10.7. The fraction of sp³-hybridized carbons (Fsp3) is 0.250. The fourth-order valence-corrected chi connectivity index (χ4v) is 0.326. The molecule has 0 saturated heterocycles. The van der Waals surface area contributed by atoms with Crippen molar-refractivity contribution in [3.63, 3.8) is 0 Å². The number of rotatable bonds is 1. The Morgan fingerprint density at radius 3 is 3.14 bits per heavy atom. The van der Waals surface area contributed by atoms with Crippen LogP contribution in [0.4, 0.5) is 4.39 Å². The first-order valence-electron chi connectivity index (χ1n) is 1.89. The molecule has 1 rings (SSSR count). The Balaban J connectivity index is 2.76. The lowest BCUT2D eigenvalue weighted by Crippen LogP contribution is -1.77. The van der Waals surface area contributed by atoms with Crippen molar-refractivity contribution in [3.05, 3.63) is 18.2 Å². The Labute approximate surface area is 40.4 Å². The standard InChI is InChI=1S/C4H4FN2/c5-3-4-6-1-2-7-4/h1H,3H2,(H,6,7). The molecule has 7 heavy (non-hydrogen) atoms. The minimum atomic E-state index is -0.538. The lowest BCUT2D eigenvalue weighted by Gasteiger charge is -1.76. The molecule has 0 spiro atoms. The van der Waals surface area contributed by atoms with E-state index in [1.165, 1.54) is 6.20 Å². The fourth-order valence-electron chi connectivity index (χ4n) is 0.326. The van der Waals surface area contributed by atoms with E-state index in [0.29, 0.717) is 5.82 Å². The molecular formula is C4H4FN2. The predicted octanol–water partition coefficient (Wildman–Crippen LogP) is 0.679.